The van der Waals surface area contributed by atoms with Crippen LogP contribution >= 0.6 is 0 Å². The van der Waals surface area contributed by atoms with E-state index in [-0.39, 0.29) is 5.91 Å². The normalized spacial score (nSPS) is 10.4. The van der Waals surface area contributed by atoms with Gasteiger partial charge >= 0.3 is 0 Å². The van der Waals surface area contributed by atoms with Gasteiger partial charge in [-0.25, -0.2) is 0 Å². The van der Waals surface area contributed by atoms with Crippen molar-refractivity contribution < 1.29 is 4.79 Å². The van der Waals surface area contributed by atoms with Gasteiger partial charge in [-0.2, -0.15) is 20.3 Å². The maximum Gasteiger partial charge on any atom is 0.256 e. The summed E-state index contributed by atoms with van der Waals surface area (Å²) in [4.78, 5) is 20.5. The zero-order valence-electron chi connectivity index (χ0n) is 15.6. The number of carbonyl (C=O) groups is 1. The highest BCUT2D eigenvalue weighted by Crippen LogP contribution is 2.15. The van der Waals surface area contributed by atoms with Gasteiger partial charge in [-0.1, -0.05) is 12.1 Å². The number of benzene rings is 1. The summed E-state index contributed by atoms with van der Waals surface area (Å²) in [6.45, 7) is 4.23. The molecule has 3 aromatic rings. The van der Waals surface area contributed by atoms with Crippen molar-refractivity contribution in [3.63, 3.8) is 0 Å². The SMILES string of the molecule is CCN(CCNCc1cc(C#N)ccn1)C(=O)c1ccccc1-n1nccn1. The lowest BCUT2D eigenvalue weighted by molar-refractivity contribution is 0.0765. The monoisotopic (exact) mass is 375 g/mol. The molecule has 3 rings (SSSR count). The Hall–Kier alpha value is -3.57. The first-order valence-corrected chi connectivity index (χ1v) is 9.03. The van der Waals surface area contributed by atoms with Crippen molar-refractivity contribution in [3.8, 4) is 11.8 Å². The van der Waals surface area contributed by atoms with Crippen LogP contribution in [0, 0.1) is 11.3 Å². The molecule has 0 spiro atoms. The molecule has 1 amide bonds. The average Bonchev–Trinajstić information content (AvgIpc) is 3.28. The molecule has 0 aliphatic carbocycles. The Morgan fingerprint density at radius 2 is 2.00 bits per heavy atom. The first-order chi connectivity index (χ1) is 13.7. The van der Waals surface area contributed by atoms with Crippen molar-refractivity contribution in [3.05, 3.63) is 71.8 Å². The molecule has 0 unspecified atom stereocenters. The van der Waals surface area contributed by atoms with Crippen LogP contribution in [0.2, 0.25) is 0 Å². The largest absolute Gasteiger partial charge is 0.338 e. The molecule has 0 radical (unpaired) electrons. The molecule has 142 valence electrons. The van der Waals surface area contributed by atoms with Crippen LogP contribution in [0.5, 0.6) is 0 Å². The minimum Gasteiger partial charge on any atom is -0.338 e. The number of likely N-dealkylation sites (N-methyl/N-ethyl adjacent to an activating group) is 1. The maximum atomic E-state index is 13.0. The van der Waals surface area contributed by atoms with Gasteiger partial charge in [-0.15, -0.1) is 0 Å². The van der Waals surface area contributed by atoms with Gasteiger partial charge in [0.15, 0.2) is 0 Å². The van der Waals surface area contributed by atoms with Crippen LogP contribution in [0.3, 0.4) is 0 Å². The molecular weight excluding hydrogens is 354 g/mol. The zero-order chi connectivity index (χ0) is 19.8. The number of carbonyl (C=O) groups excluding carboxylic acids is 1. The Morgan fingerprint density at radius 3 is 2.75 bits per heavy atom. The third-order valence-electron chi connectivity index (χ3n) is 4.25. The summed E-state index contributed by atoms with van der Waals surface area (Å²) in [6.07, 6.45) is 4.79. The lowest BCUT2D eigenvalue weighted by atomic mass is 10.1. The van der Waals surface area contributed by atoms with E-state index in [2.05, 4.69) is 26.6 Å². The van der Waals surface area contributed by atoms with Gasteiger partial charge in [-0.3, -0.25) is 9.78 Å². The van der Waals surface area contributed by atoms with E-state index in [1.165, 1.54) is 4.80 Å². The molecule has 0 fully saturated rings. The first-order valence-electron chi connectivity index (χ1n) is 9.03. The Morgan fingerprint density at radius 1 is 1.21 bits per heavy atom. The van der Waals surface area contributed by atoms with Crippen molar-refractivity contribution in [1.29, 1.82) is 5.26 Å². The number of hydrogen-bond donors (Lipinski definition) is 1. The van der Waals surface area contributed by atoms with E-state index in [9.17, 15) is 4.79 Å². The topological polar surface area (TPSA) is 99.7 Å². The lowest BCUT2D eigenvalue weighted by Gasteiger charge is -2.22. The molecule has 8 nitrogen and oxygen atoms in total. The molecular formula is C20H21N7O. The van der Waals surface area contributed by atoms with Crippen LogP contribution in [-0.4, -0.2) is 50.4 Å². The molecule has 0 aliphatic heterocycles. The second-order valence-electron chi connectivity index (χ2n) is 6.04. The summed E-state index contributed by atoms with van der Waals surface area (Å²) in [5, 5.41) is 20.5. The van der Waals surface area contributed by atoms with Crippen LogP contribution in [0.4, 0.5) is 0 Å². The molecule has 1 N–H and O–H groups in total. The van der Waals surface area contributed by atoms with Gasteiger partial charge < -0.3 is 10.2 Å². The van der Waals surface area contributed by atoms with E-state index >= 15 is 0 Å². The standard InChI is InChI=1S/C20H21N7O/c1-2-26(12-11-22-15-17-13-16(14-21)7-8-23-17)20(28)18-5-3-4-6-19(18)27-24-9-10-25-27/h3-10,13,22H,2,11-12,15H2,1H3. The van der Waals surface area contributed by atoms with Gasteiger partial charge in [0.25, 0.3) is 5.91 Å². The molecule has 0 atom stereocenters. The fraction of sp³-hybridized carbons (Fsp3) is 0.250. The predicted octanol–water partition coefficient (Wildman–Crippen LogP) is 1.79. The number of nitrogens with zero attached hydrogens (tertiary/aromatic N) is 6. The molecule has 8 heteroatoms. The molecule has 1 aromatic carbocycles. The first kappa shape index (κ1) is 19.2. The predicted molar refractivity (Wildman–Crippen MR) is 104 cm³/mol. The second kappa shape index (κ2) is 9.39. The van der Waals surface area contributed by atoms with Crippen molar-refractivity contribution in [2.75, 3.05) is 19.6 Å². The summed E-state index contributed by atoms with van der Waals surface area (Å²) in [6, 6.07) is 12.8. The van der Waals surface area contributed by atoms with Gasteiger partial charge in [0.05, 0.1) is 41.0 Å². The average molecular weight is 375 g/mol. The van der Waals surface area contributed by atoms with Crippen molar-refractivity contribution in [2.24, 2.45) is 0 Å². The van der Waals surface area contributed by atoms with Crippen molar-refractivity contribution >= 4 is 5.91 Å². The van der Waals surface area contributed by atoms with E-state index in [1.54, 1.807) is 41.7 Å². The van der Waals surface area contributed by atoms with E-state index in [4.69, 9.17) is 5.26 Å². The van der Waals surface area contributed by atoms with E-state index in [1.807, 2.05) is 25.1 Å². The fourth-order valence-corrected chi connectivity index (χ4v) is 2.82. The maximum absolute atomic E-state index is 13.0. The van der Waals surface area contributed by atoms with Gasteiger partial charge in [0.2, 0.25) is 0 Å². The second-order valence-corrected chi connectivity index (χ2v) is 6.04. The summed E-state index contributed by atoms with van der Waals surface area (Å²) in [7, 11) is 0. The number of aromatic nitrogens is 4. The number of para-hydroxylation sites is 1. The number of amides is 1. The summed E-state index contributed by atoms with van der Waals surface area (Å²) >= 11 is 0. The molecule has 2 heterocycles. The van der Waals surface area contributed by atoms with Gasteiger partial charge in [-0.05, 0) is 31.2 Å². The van der Waals surface area contributed by atoms with Crippen LogP contribution in [0.25, 0.3) is 5.69 Å². The number of hydrogen-bond acceptors (Lipinski definition) is 6. The van der Waals surface area contributed by atoms with Crippen LogP contribution < -0.4 is 5.32 Å². The third-order valence-corrected chi connectivity index (χ3v) is 4.25. The Labute approximate surface area is 163 Å². The zero-order valence-corrected chi connectivity index (χ0v) is 15.6. The van der Waals surface area contributed by atoms with E-state index in [0.29, 0.717) is 43.0 Å². The van der Waals surface area contributed by atoms with Crippen LogP contribution in [-0.2, 0) is 6.54 Å². The highest BCUT2D eigenvalue weighted by atomic mass is 16.2. The number of rotatable bonds is 8. The Kier molecular flexibility index (Phi) is 6.44. The summed E-state index contributed by atoms with van der Waals surface area (Å²) in [5.74, 6) is -0.0678. The minimum atomic E-state index is -0.0678. The van der Waals surface area contributed by atoms with Gasteiger partial charge in [0.1, 0.15) is 0 Å². The van der Waals surface area contributed by atoms with Crippen LogP contribution in [0.15, 0.2) is 55.0 Å². The van der Waals surface area contributed by atoms with Crippen molar-refractivity contribution in [1.82, 2.24) is 30.2 Å². The number of nitrogens with one attached hydrogen (secondary N) is 1. The fourth-order valence-electron chi connectivity index (χ4n) is 2.82. The molecule has 28 heavy (non-hydrogen) atoms. The quantitative estimate of drug-likeness (QED) is 0.603. The van der Waals surface area contributed by atoms with Gasteiger partial charge in [0, 0.05) is 32.4 Å². The van der Waals surface area contributed by atoms with Crippen molar-refractivity contribution in [2.45, 2.75) is 13.5 Å². The Balaban J connectivity index is 1.61. The number of pyridine rings is 1. The highest BCUT2D eigenvalue weighted by molar-refractivity contribution is 5.97. The molecule has 0 aliphatic rings. The minimum absolute atomic E-state index is 0.0678. The molecule has 0 saturated carbocycles. The summed E-state index contributed by atoms with van der Waals surface area (Å²) < 4.78 is 0. The summed E-state index contributed by atoms with van der Waals surface area (Å²) in [5.41, 5.74) is 2.59. The third kappa shape index (κ3) is 4.58. The lowest BCUT2D eigenvalue weighted by Crippen LogP contribution is -2.37. The smallest absolute Gasteiger partial charge is 0.256 e. The molecule has 2 aromatic heterocycles. The molecule has 0 saturated heterocycles. The number of nitriles is 1. The Bertz CT molecular complexity index is 963. The van der Waals surface area contributed by atoms with E-state index in [0.717, 1.165) is 5.69 Å². The highest BCUT2D eigenvalue weighted by Gasteiger charge is 2.18. The van der Waals surface area contributed by atoms with E-state index < -0.39 is 0 Å². The molecule has 0 bridgehead atoms. The van der Waals surface area contributed by atoms with Crippen LogP contribution in [0.1, 0.15) is 28.5 Å².